The van der Waals surface area contributed by atoms with Gasteiger partial charge in [0.05, 0.1) is 33.9 Å². The molecule has 1 unspecified atom stereocenters. The number of ether oxygens (including phenoxy) is 1. The number of methoxy groups -OCH3 is 1. The molecule has 1 atom stereocenters. The van der Waals surface area contributed by atoms with Crippen LogP contribution in [0.1, 0.15) is 22.8 Å². The van der Waals surface area contributed by atoms with Crippen LogP contribution in [0.25, 0.3) is 21.3 Å². The second-order valence-electron chi connectivity index (χ2n) is 7.24. The number of benzene rings is 2. The topological polar surface area (TPSA) is 98.1 Å². The van der Waals surface area contributed by atoms with Crippen molar-refractivity contribution in [1.29, 1.82) is 0 Å². The number of hydrogen-bond donors (Lipinski definition) is 2. The van der Waals surface area contributed by atoms with Crippen molar-refractivity contribution >= 4 is 55.5 Å². The Labute approximate surface area is 189 Å². The number of hydrogen-bond acceptors (Lipinski definition) is 7. The second-order valence-corrected chi connectivity index (χ2v) is 8.27. The fraction of sp³-hybridized carbons (Fsp3) is 0.238. The number of nitrogens with one attached hydrogen (secondary N) is 2. The minimum absolute atomic E-state index is 0.308. The Bertz CT molecular complexity index is 1380. The number of carbonyl (C=O) groups is 2. The number of fused-ring (bicyclic) bond motifs is 2. The van der Waals surface area contributed by atoms with Crippen molar-refractivity contribution < 1.29 is 27.5 Å². The molecule has 0 saturated carbocycles. The van der Waals surface area contributed by atoms with Gasteiger partial charge in [-0.25, -0.2) is 14.8 Å². The number of alkyl halides is 3. The molecular formula is C21H18F3N5O3S. The summed E-state index contributed by atoms with van der Waals surface area (Å²) in [7, 11) is 2.99. The number of esters is 1. The lowest BCUT2D eigenvalue weighted by Gasteiger charge is -2.11. The fourth-order valence-electron chi connectivity index (χ4n) is 3.22. The molecule has 4 rings (SSSR count). The van der Waals surface area contributed by atoms with Gasteiger partial charge in [0.15, 0.2) is 5.13 Å². The van der Waals surface area contributed by atoms with Gasteiger partial charge in [-0.15, -0.1) is 0 Å². The molecule has 0 fully saturated rings. The summed E-state index contributed by atoms with van der Waals surface area (Å²) in [4.78, 5) is 32.8. The summed E-state index contributed by atoms with van der Waals surface area (Å²) in [5.74, 6) is -0.617. The molecule has 1 amide bonds. The molecule has 0 aliphatic rings. The van der Waals surface area contributed by atoms with Crippen molar-refractivity contribution in [3.63, 3.8) is 0 Å². The third-order valence-corrected chi connectivity index (χ3v) is 5.91. The van der Waals surface area contributed by atoms with Crippen LogP contribution in [0.3, 0.4) is 0 Å². The molecule has 0 bridgehead atoms. The molecule has 0 spiro atoms. The van der Waals surface area contributed by atoms with E-state index in [9.17, 15) is 22.8 Å². The van der Waals surface area contributed by atoms with Gasteiger partial charge in [-0.05, 0) is 43.3 Å². The zero-order valence-electron chi connectivity index (χ0n) is 17.6. The highest BCUT2D eigenvalue weighted by atomic mass is 32.1. The van der Waals surface area contributed by atoms with Gasteiger partial charge < -0.3 is 19.9 Å². The first-order valence-corrected chi connectivity index (χ1v) is 10.5. The minimum atomic E-state index is -4.43. The number of nitrogens with zero attached hydrogens (tertiary/aromatic N) is 3. The number of anilines is 2. The number of thiazole rings is 1. The molecule has 0 aliphatic carbocycles. The molecule has 2 aromatic heterocycles. The number of aromatic nitrogens is 3. The Morgan fingerprint density at radius 2 is 1.88 bits per heavy atom. The van der Waals surface area contributed by atoms with Gasteiger partial charge in [0, 0.05) is 12.6 Å². The van der Waals surface area contributed by atoms with E-state index in [1.54, 1.807) is 29.8 Å². The molecule has 0 aliphatic heterocycles. The highest BCUT2D eigenvalue weighted by molar-refractivity contribution is 7.22. The Balaban J connectivity index is 1.59. The Hall–Kier alpha value is -3.67. The van der Waals surface area contributed by atoms with E-state index in [-0.39, 0.29) is 0 Å². The maximum Gasteiger partial charge on any atom is 0.416 e. The fourth-order valence-corrected chi connectivity index (χ4v) is 4.12. The molecule has 2 N–H and O–H groups in total. The zero-order valence-corrected chi connectivity index (χ0v) is 18.5. The van der Waals surface area contributed by atoms with Crippen LogP contribution in [-0.4, -0.2) is 39.6 Å². The van der Waals surface area contributed by atoms with E-state index >= 15 is 0 Å². The first kappa shape index (κ1) is 22.5. The third kappa shape index (κ3) is 4.46. The van der Waals surface area contributed by atoms with Gasteiger partial charge in [-0.1, -0.05) is 11.3 Å². The van der Waals surface area contributed by atoms with E-state index in [2.05, 4.69) is 25.3 Å². The first-order valence-electron chi connectivity index (χ1n) is 9.67. The summed E-state index contributed by atoms with van der Waals surface area (Å²) in [6, 6.07) is 7.46. The van der Waals surface area contributed by atoms with E-state index < -0.39 is 29.7 Å². The van der Waals surface area contributed by atoms with Crippen molar-refractivity contribution in [2.24, 2.45) is 7.05 Å². The lowest BCUT2D eigenvalue weighted by atomic mass is 10.1. The largest absolute Gasteiger partial charge is 0.467 e. The average molecular weight is 477 g/mol. The van der Waals surface area contributed by atoms with Crippen LogP contribution in [0.5, 0.6) is 0 Å². The smallest absolute Gasteiger partial charge is 0.416 e. The van der Waals surface area contributed by atoms with Crippen LogP contribution in [0.15, 0.2) is 36.4 Å². The monoisotopic (exact) mass is 477 g/mol. The van der Waals surface area contributed by atoms with Gasteiger partial charge in [0.25, 0.3) is 5.91 Å². The maximum atomic E-state index is 13.0. The number of carbonyl (C=O) groups excluding carboxylic acids is 2. The van der Waals surface area contributed by atoms with Gasteiger partial charge in [0.2, 0.25) is 5.95 Å². The summed E-state index contributed by atoms with van der Waals surface area (Å²) in [5.41, 5.74) is 1.24. The third-order valence-electron chi connectivity index (χ3n) is 4.98. The van der Waals surface area contributed by atoms with Crippen molar-refractivity contribution in [3.8, 4) is 0 Å². The number of imidazole rings is 1. The van der Waals surface area contributed by atoms with Gasteiger partial charge in [-0.3, -0.25) is 4.79 Å². The number of rotatable bonds is 5. The van der Waals surface area contributed by atoms with Crippen LogP contribution in [-0.2, 0) is 22.8 Å². The SMILES string of the molecule is COC(=O)C(C)NC(=O)c1ccc2c(c1)nc(Nc1nc3ccc(C(F)(F)F)cc3s1)n2C. The highest BCUT2D eigenvalue weighted by Crippen LogP contribution is 2.35. The molecule has 4 aromatic rings. The van der Waals surface area contributed by atoms with E-state index in [0.29, 0.717) is 32.4 Å². The molecule has 0 saturated heterocycles. The standard InChI is InChI=1S/C21H18F3N5O3S/c1-10(18(31)32-3)25-17(30)11-4-7-15-14(8-11)26-19(29(15)2)28-20-27-13-6-5-12(21(22,23)24)9-16(13)33-20/h4-10H,1-3H3,(H,25,30)(H,26,27,28). The predicted octanol–water partition coefficient (Wildman–Crippen LogP) is 4.24. The van der Waals surface area contributed by atoms with Crippen LogP contribution in [0.2, 0.25) is 0 Å². The molecule has 8 nitrogen and oxygen atoms in total. The van der Waals surface area contributed by atoms with E-state index in [1.807, 2.05) is 0 Å². The summed E-state index contributed by atoms with van der Waals surface area (Å²) >= 11 is 1.08. The number of halogens is 3. The molecule has 172 valence electrons. The van der Waals surface area contributed by atoms with Crippen LogP contribution in [0, 0.1) is 0 Å². The molecule has 33 heavy (non-hydrogen) atoms. The quantitative estimate of drug-likeness (QED) is 0.418. The van der Waals surface area contributed by atoms with Gasteiger partial charge in [-0.2, -0.15) is 13.2 Å². The average Bonchev–Trinajstić information content (AvgIpc) is 3.31. The van der Waals surface area contributed by atoms with Crippen LogP contribution in [0.4, 0.5) is 24.3 Å². The summed E-state index contributed by atoms with van der Waals surface area (Å²) in [6.45, 7) is 1.51. The predicted molar refractivity (Wildman–Crippen MR) is 118 cm³/mol. The molecule has 2 heterocycles. The van der Waals surface area contributed by atoms with Crippen molar-refractivity contribution in [2.75, 3.05) is 12.4 Å². The molecule has 0 radical (unpaired) electrons. The van der Waals surface area contributed by atoms with E-state index in [4.69, 9.17) is 0 Å². The summed E-state index contributed by atoms with van der Waals surface area (Å²) in [6.07, 6.45) is -4.43. The number of amides is 1. The molecule has 12 heteroatoms. The summed E-state index contributed by atoms with van der Waals surface area (Å²) in [5, 5.41) is 5.96. The Morgan fingerprint density at radius 3 is 2.58 bits per heavy atom. The van der Waals surface area contributed by atoms with Gasteiger partial charge >= 0.3 is 12.1 Å². The lowest BCUT2D eigenvalue weighted by Crippen LogP contribution is -2.39. The lowest BCUT2D eigenvalue weighted by molar-refractivity contribution is -0.142. The van der Waals surface area contributed by atoms with Crippen molar-refractivity contribution in [2.45, 2.75) is 19.1 Å². The van der Waals surface area contributed by atoms with E-state index in [0.717, 1.165) is 29.0 Å². The minimum Gasteiger partial charge on any atom is -0.467 e. The molecule has 2 aromatic carbocycles. The molecular weight excluding hydrogens is 459 g/mol. The van der Waals surface area contributed by atoms with Gasteiger partial charge in [0.1, 0.15) is 6.04 Å². The van der Waals surface area contributed by atoms with Crippen LogP contribution < -0.4 is 10.6 Å². The van der Waals surface area contributed by atoms with Crippen LogP contribution >= 0.6 is 11.3 Å². The Kier molecular flexibility index (Phi) is 5.70. The number of aryl methyl sites for hydroxylation is 1. The zero-order chi connectivity index (χ0) is 23.9. The van der Waals surface area contributed by atoms with Crippen molar-refractivity contribution in [1.82, 2.24) is 19.9 Å². The highest BCUT2D eigenvalue weighted by Gasteiger charge is 2.30. The summed E-state index contributed by atoms with van der Waals surface area (Å²) < 4.78 is 45.6. The maximum absolute atomic E-state index is 13.0. The van der Waals surface area contributed by atoms with E-state index in [1.165, 1.54) is 20.1 Å². The van der Waals surface area contributed by atoms with Crippen molar-refractivity contribution in [3.05, 3.63) is 47.5 Å². The second kappa shape index (κ2) is 8.35. The first-order chi connectivity index (χ1) is 15.6. The normalized spacial score (nSPS) is 12.7. The Morgan fingerprint density at radius 1 is 1.12 bits per heavy atom.